The van der Waals surface area contributed by atoms with Gasteiger partial charge in [0.25, 0.3) is 5.91 Å². The lowest BCUT2D eigenvalue weighted by molar-refractivity contribution is -0.305. The number of alkyl halides is 3. The van der Waals surface area contributed by atoms with Crippen LogP contribution in [0.3, 0.4) is 0 Å². The van der Waals surface area contributed by atoms with Crippen molar-refractivity contribution in [3.8, 4) is 11.3 Å². The summed E-state index contributed by atoms with van der Waals surface area (Å²) in [5.41, 5.74) is 3.58. The lowest BCUT2D eigenvalue weighted by Gasteiger charge is -2.10. The quantitative estimate of drug-likeness (QED) is 0.336. The third-order valence-electron chi connectivity index (χ3n) is 4.75. The highest BCUT2D eigenvalue weighted by molar-refractivity contribution is 5.97. The van der Waals surface area contributed by atoms with Crippen LogP contribution in [0.5, 0.6) is 0 Å². The Balaban J connectivity index is 1.88. The normalized spacial score (nSPS) is 12.8. The van der Waals surface area contributed by atoms with Gasteiger partial charge in [0.1, 0.15) is 5.76 Å². The number of aliphatic imine (C=N–C) groups is 1. The fraction of sp³-hybridized carbons (Fsp3) is 0.292. The molecule has 0 radical (unpaired) electrons. The Morgan fingerprint density at radius 3 is 2.52 bits per heavy atom. The molecule has 2 aromatic heterocycles. The zero-order valence-electron chi connectivity index (χ0n) is 18.8. The van der Waals surface area contributed by atoms with Gasteiger partial charge in [-0.1, -0.05) is 25.5 Å². The van der Waals surface area contributed by atoms with Gasteiger partial charge in [-0.3, -0.25) is 4.79 Å². The topological polar surface area (TPSA) is 70.6 Å². The standard InChI is InChI=1S/C24H25F3N4O2/c1-5-6-19(11-15(2)33-24(25,26)27)29-22-13-21-18(14-28-22)12-20(30-21)16-7-9-17(10-8-16)23(32)31(3)4/h7-14,30H,5-6H2,1-4H3/b15-11+,29-19?. The molecular weight excluding hydrogens is 433 g/mol. The summed E-state index contributed by atoms with van der Waals surface area (Å²) in [5.74, 6) is 0.0224. The highest BCUT2D eigenvalue weighted by Crippen LogP contribution is 2.27. The van der Waals surface area contributed by atoms with Gasteiger partial charge < -0.3 is 14.6 Å². The molecule has 3 aromatic rings. The molecule has 0 fully saturated rings. The Bertz CT molecular complexity index is 1190. The molecule has 0 aliphatic rings. The SMILES string of the molecule is CCCC(/C=C(\C)OC(F)(F)F)=Nc1cc2[nH]c(-c3ccc(C(=O)N(C)C)cc3)cc2cn1. The monoisotopic (exact) mass is 458 g/mol. The van der Waals surface area contributed by atoms with Gasteiger partial charge in [0, 0.05) is 48.7 Å². The highest BCUT2D eigenvalue weighted by atomic mass is 19.4. The molecule has 0 saturated heterocycles. The lowest BCUT2D eigenvalue weighted by atomic mass is 10.1. The van der Waals surface area contributed by atoms with Crippen LogP contribution in [0, 0.1) is 0 Å². The van der Waals surface area contributed by atoms with E-state index in [1.165, 1.54) is 17.9 Å². The average molecular weight is 458 g/mol. The Labute approximate surface area is 189 Å². The third-order valence-corrected chi connectivity index (χ3v) is 4.75. The van der Waals surface area contributed by atoms with E-state index in [9.17, 15) is 18.0 Å². The molecule has 9 heteroatoms. The maximum atomic E-state index is 12.4. The predicted molar refractivity (Wildman–Crippen MR) is 122 cm³/mol. The summed E-state index contributed by atoms with van der Waals surface area (Å²) < 4.78 is 41.3. The van der Waals surface area contributed by atoms with E-state index in [0.717, 1.165) is 22.2 Å². The number of amides is 1. The van der Waals surface area contributed by atoms with Gasteiger partial charge in [-0.25, -0.2) is 9.98 Å². The van der Waals surface area contributed by atoms with E-state index in [1.807, 2.05) is 25.1 Å². The number of aromatic nitrogens is 2. The summed E-state index contributed by atoms with van der Waals surface area (Å²) >= 11 is 0. The fourth-order valence-corrected chi connectivity index (χ4v) is 3.29. The largest absolute Gasteiger partial charge is 0.572 e. The van der Waals surface area contributed by atoms with Gasteiger partial charge in [0.15, 0.2) is 5.82 Å². The Hall–Kier alpha value is -3.62. The lowest BCUT2D eigenvalue weighted by Crippen LogP contribution is -2.21. The second-order valence-corrected chi connectivity index (χ2v) is 7.75. The number of carbonyl (C=O) groups is 1. The van der Waals surface area contributed by atoms with Crippen molar-refractivity contribution in [3.05, 3.63) is 60.0 Å². The van der Waals surface area contributed by atoms with Crippen molar-refractivity contribution in [1.29, 1.82) is 0 Å². The number of fused-ring (bicyclic) bond motifs is 1. The molecule has 2 heterocycles. The molecule has 0 spiro atoms. The first-order chi connectivity index (χ1) is 15.6. The summed E-state index contributed by atoms with van der Waals surface area (Å²) in [7, 11) is 3.40. The van der Waals surface area contributed by atoms with Crippen LogP contribution in [-0.4, -0.2) is 46.9 Å². The molecule has 0 bridgehead atoms. The average Bonchev–Trinajstić information content (AvgIpc) is 3.15. The van der Waals surface area contributed by atoms with Crippen LogP contribution >= 0.6 is 0 Å². The van der Waals surface area contributed by atoms with Crippen molar-refractivity contribution in [3.63, 3.8) is 0 Å². The number of nitrogens with one attached hydrogen (secondary N) is 1. The Morgan fingerprint density at radius 1 is 1.21 bits per heavy atom. The predicted octanol–water partition coefficient (Wildman–Crippen LogP) is 6.24. The van der Waals surface area contributed by atoms with Gasteiger partial charge in [0.05, 0.1) is 5.52 Å². The third kappa shape index (κ3) is 6.44. The summed E-state index contributed by atoms with van der Waals surface area (Å²) in [6.07, 6.45) is -0.625. The molecule has 0 aliphatic heterocycles. The van der Waals surface area contributed by atoms with Gasteiger partial charge in [-0.05, 0) is 43.2 Å². The van der Waals surface area contributed by atoms with E-state index >= 15 is 0 Å². The second kappa shape index (κ2) is 9.89. The number of H-pyrrole nitrogens is 1. The van der Waals surface area contributed by atoms with Crippen molar-refractivity contribution in [1.82, 2.24) is 14.9 Å². The van der Waals surface area contributed by atoms with E-state index < -0.39 is 6.36 Å². The number of hydrogen-bond acceptors (Lipinski definition) is 4. The molecule has 1 N–H and O–H groups in total. The van der Waals surface area contributed by atoms with E-state index in [2.05, 4.69) is 19.7 Å². The maximum absolute atomic E-state index is 12.4. The molecule has 0 atom stereocenters. The summed E-state index contributed by atoms with van der Waals surface area (Å²) in [6, 6.07) is 10.9. The number of halogens is 3. The van der Waals surface area contributed by atoms with Gasteiger partial charge >= 0.3 is 6.36 Å². The van der Waals surface area contributed by atoms with Crippen LogP contribution in [0.4, 0.5) is 19.0 Å². The number of nitrogens with zero attached hydrogens (tertiary/aromatic N) is 3. The number of hydrogen-bond donors (Lipinski definition) is 1. The molecule has 0 unspecified atom stereocenters. The second-order valence-electron chi connectivity index (χ2n) is 7.75. The van der Waals surface area contributed by atoms with Crippen LogP contribution in [0.2, 0.25) is 0 Å². The zero-order chi connectivity index (χ0) is 24.2. The number of benzene rings is 1. The molecule has 1 amide bonds. The number of rotatable bonds is 7. The molecule has 6 nitrogen and oxygen atoms in total. The molecule has 0 aliphatic carbocycles. The molecule has 174 valence electrons. The smallest absolute Gasteiger partial charge is 0.411 e. The first-order valence-electron chi connectivity index (χ1n) is 10.4. The zero-order valence-corrected chi connectivity index (χ0v) is 18.8. The number of aromatic amines is 1. The molecule has 33 heavy (non-hydrogen) atoms. The summed E-state index contributed by atoms with van der Waals surface area (Å²) in [6.45, 7) is 3.15. The van der Waals surface area contributed by atoms with E-state index in [0.29, 0.717) is 29.9 Å². The van der Waals surface area contributed by atoms with Gasteiger partial charge in [-0.15, -0.1) is 13.2 Å². The minimum Gasteiger partial charge on any atom is -0.411 e. The molecule has 0 saturated carbocycles. The van der Waals surface area contributed by atoms with Crippen LogP contribution in [-0.2, 0) is 4.74 Å². The molecule has 3 rings (SSSR count). The minimum absolute atomic E-state index is 0.0716. The first kappa shape index (κ1) is 24.0. The Kier molecular flexibility index (Phi) is 7.20. The van der Waals surface area contributed by atoms with E-state index in [-0.39, 0.29) is 11.7 Å². The first-order valence-corrected chi connectivity index (χ1v) is 10.4. The van der Waals surface area contributed by atoms with Crippen LogP contribution in [0.1, 0.15) is 37.0 Å². The van der Waals surface area contributed by atoms with Crippen molar-refractivity contribution < 1.29 is 22.7 Å². The van der Waals surface area contributed by atoms with Crippen LogP contribution in [0.25, 0.3) is 22.2 Å². The van der Waals surface area contributed by atoms with Crippen molar-refractivity contribution >= 4 is 28.3 Å². The van der Waals surface area contributed by atoms with Gasteiger partial charge in [0.2, 0.25) is 0 Å². The minimum atomic E-state index is -4.74. The van der Waals surface area contributed by atoms with Crippen LogP contribution in [0.15, 0.2) is 59.4 Å². The van der Waals surface area contributed by atoms with Crippen molar-refractivity contribution in [2.75, 3.05) is 14.1 Å². The molecular formula is C24H25F3N4O2. The van der Waals surface area contributed by atoms with Crippen molar-refractivity contribution in [2.45, 2.75) is 33.1 Å². The maximum Gasteiger partial charge on any atom is 0.572 e. The summed E-state index contributed by atoms with van der Waals surface area (Å²) in [4.78, 5) is 25.6. The molecule has 1 aromatic carbocycles. The van der Waals surface area contributed by atoms with Gasteiger partial charge in [-0.2, -0.15) is 0 Å². The number of allylic oxidation sites excluding steroid dienone is 2. The number of pyridine rings is 1. The summed E-state index contributed by atoms with van der Waals surface area (Å²) in [5, 5.41) is 0.863. The van der Waals surface area contributed by atoms with Crippen LogP contribution < -0.4 is 0 Å². The van der Waals surface area contributed by atoms with Crippen molar-refractivity contribution in [2.24, 2.45) is 4.99 Å². The van der Waals surface area contributed by atoms with E-state index in [1.54, 1.807) is 38.5 Å². The number of carbonyl (C=O) groups excluding carboxylic acids is 1. The fourth-order valence-electron chi connectivity index (χ4n) is 3.29. The highest BCUT2D eigenvalue weighted by Gasteiger charge is 2.31. The Morgan fingerprint density at radius 2 is 1.91 bits per heavy atom. The number of ether oxygens (including phenoxy) is 1. The van der Waals surface area contributed by atoms with E-state index in [4.69, 9.17) is 0 Å².